The van der Waals surface area contributed by atoms with Gasteiger partial charge in [-0.1, -0.05) is 204 Å². The lowest BCUT2D eigenvalue weighted by atomic mass is 9.82. The molecule has 254 valence electrons. The highest BCUT2D eigenvalue weighted by molar-refractivity contribution is 5.90. The summed E-state index contributed by atoms with van der Waals surface area (Å²) < 4.78 is 0. The molecular formula is C51H50. The zero-order valence-electron chi connectivity index (χ0n) is 31.3. The standard InChI is InChI=1S/C19H16.C16H16.C16H18/c1-15-14-18(16-8-4-2-5-9-16)12-13-19(15)17-10-6-3-7-11-17;1-11-8-9-13-12-6-4-5-7-14(12)16(2,3)15(13)10-11;1-6-7-13-12(3)16(4,5)15-10-11(2)8-9-14(13)15/h2-14H,1H3;4-10H,1-3H3;6-10H,1,3H2,2,4-5H3/b;;13-7+. The third-order valence-corrected chi connectivity index (χ3v) is 10.7. The van der Waals surface area contributed by atoms with E-state index in [1.165, 1.54) is 83.5 Å². The van der Waals surface area contributed by atoms with Crippen molar-refractivity contribution in [3.8, 4) is 33.4 Å². The van der Waals surface area contributed by atoms with Gasteiger partial charge in [-0.25, -0.2) is 0 Å². The summed E-state index contributed by atoms with van der Waals surface area (Å²) in [5.41, 5.74) is 20.1. The van der Waals surface area contributed by atoms with Crippen molar-refractivity contribution >= 4 is 5.57 Å². The van der Waals surface area contributed by atoms with E-state index in [0.717, 1.165) is 0 Å². The molecule has 0 spiro atoms. The Morgan fingerprint density at radius 1 is 0.451 bits per heavy atom. The Bertz CT molecular complexity index is 2240. The van der Waals surface area contributed by atoms with Gasteiger partial charge in [-0.3, -0.25) is 0 Å². The molecule has 6 aromatic carbocycles. The molecule has 0 unspecified atom stereocenters. The molecule has 0 fully saturated rings. The van der Waals surface area contributed by atoms with Gasteiger partial charge in [-0.05, 0) is 93.1 Å². The van der Waals surface area contributed by atoms with Crippen molar-refractivity contribution in [1.29, 1.82) is 0 Å². The molecule has 8 rings (SSSR count). The average Bonchev–Trinajstić information content (AvgIpc) is 3.47. The first kappa shape index (κ1) is 35.4. The molecule has 51 heavy (non-hydrogen) atoms. The zero-order valence-corrected chi connectivity index (χ0v) is 31.3. The third kappa shape index (κ3) is 6.97. The van der Waals surface area contributed by atoms with E-state index in [9.17, 15) is 0 Å². The van der Waals surface area contributed by atoms with Crippen LogP contribution >= 0.6 is 0 Å². The molecule has 0 aliphatic heterocycles. The van der Waals surface area contributed by atoms with Gasteiger partial charge in [-0.2, -0.15) is 0 Å². The predicted octanol–water partition coefficient (Wildman–Crippen LogP) is 14.0. The molecule has 0 nitrogen and oxygen atoms in total. The molecule has 0 atom stereocenters. The Hall–Kier alpha value is -5.46. The Morgan fingerprint density at radius 3 is 1.57 bits per heavy atom. The molecule has 0 saturated heterocycles. The van der Waals surface area contributed by atoms with Gasteiger partial charge < -0.3 is 0 Å². The van der Waals surface area contributed by atoms with E-state index in [2.05, 4.69) is 207 Å². The quantitative estimate of drug-likeness (QED) is 0.177. The van der Waals surface area contributed by atoms with Crippen LogP contribution in [-0.4, -0.2) is 0 Å². The van der Waals surface area contributed by atoms with Crippen molar-refractivity contribution in [2.75, 3.05) is 0 Å². The molecule has 0 N–H and O–H groups in total. The summed E-state index contributed by atoms with van der Waals surface area (Å²) in [7, 11) is 0. The monoisotopic (exact) mass is 662 g/mol. The molecule has 2 aliphatic rings. The number of rotatable bonds is 3. The van der Waals surface area contributed by atoms with Crippen LogP contribution in [0.3, 0.4) is 0 Å². The number of aryl methyl sites for hydroxylation is 3. The SMILES string of the molecule is C=C/C=C1\C(=C)C(C)(C)c2cc(C)ccc21.Cc1cc(-c2ccccc2)ccc1-c1ccccc1.Cc1ccc2c(c1)C(C)(C)c1ccccc1-2. The minimum atomic E-state index is 0.0379. The number of benzene rings is 6. The molecule has 0 heteroatoms. The Labute approximate surface area is 306 Å². The topological polar surface area (TPSA) is 0 Å². The largest absolute Gasteiger partial charge is 0.0990 e. The Kier molecular flexibility index (Phi) is 10.00. The van der Waals surface area contributed by atoms with Crippen LogP contribution in [0.4, 0.5) is 0 Å². The summed E-state index contributed by atoms with van der Waals surface area (Å²) in [6, 6.07) is 49.9. The first-order valence-corrected chi connectivity index (χ1v) is 18.0. The van der Waals surface area contributed by atoms with Gasteiger partial charge in [0.1, 0.15) is 0 Å². The summed E-state index contributed by atoms with van der Waals surface area (Å²) in [5, 5.41) is 0. The highest BCUT2D eigenvalue weighted by Gasteiger charge is 2.36. The third-order valence-electron chi connectivity index (χ3n) is 10.7. The summed E-state index contributed by atoms with van der Waals surface area (Å²) in [4.78, 5) is 0. The van der Waals surface area contributed by atoms with E-state index in [4.69, 9.17) is 0 Å². The molecular weight excluding hydrogens is 613 g/mol. The fourth-order valence-electron chi connectivity index (χ4n) is 7.61. The molecule has 2 aliphatic carbocycles. The van der Waals surface area contributed by atoms with Gasteiger partial charge >= 0.3 is 0 Å². The van der Waals surface area contributed by atoms with Crippen LogP contribution in [0.5, 0.6) is 0 Å². The fraction of sp³-hybridized carbons (Fsp3) is 0.176. The number of allylic oxidation sites excluding steroid dienone is 4. The van der Waals surface area contributed by atoms with Crippen LogP contribution in [0, 0.1) is 20.8 Å². The van der Waals surface area contributed by atoms with Crippen molar-refractivity contribution in [3.05, 3.63) is 209 Å². The minimum absolute atomic E-state index is 0.0379. The predicted molar refractivity (Wildman–Crippen MR) is 222 cm³/mol. The van der Waals surface area contributed by atoms with Gasteiger partial charge in [0.15, 0.2) is 0 Å². The molecule has 0 heterocycles. The van der Waals surface area contributed by atoms with Crippen molar-refractivity contribution in [1.82, 2.24) is 0 Å². The van der Waals surface area contributed by atoms with Crippen LogP contribution in [0.15, 0.2) is 170 Å². The first-order chi connectivity index (χ1) is 24.4. The van der Waals surface area contributed by atoms with Crippen molar-refractivity contribution in [3.63, 3.8) is 0 Å². The van der Waals surface area contributed by atoms with E-state index in [1.807, 2.05) is 6.08 Å². The second kappa shape index (κ2) is 14.4. The van der Waals surface area contributed by atoms with Crippen LogP contribution in [0.1, 0.15) is 66.6 Å². The maximum Gasteiger partial charge on any atom is 0.0158 e. The molecule has 0 aromatic heterocycles. The van der Waals surface area contributed by atoms with E-state index in [0.29, 0.717) is 0 Å². The summed E-state index contributed by atoms with van der Waals surface area (Å²) in [6.07, 6.45) is 3.90. The molecule has 0 bridgehead atoms. The maximum atomic E-state index is 4.24. The molecule has 0 amide bonds. The van der Waals surface area contributed by atoms with Crippen molar-refractivity contribution < 1.29 is 0 Å². The van der Waals surface area contributed by atoms with E-state index >= 15 is 0 Å². The maximum absolute atomic E-state index is 4.24. The summed E-state index contributed by atoms with van der Waals surface area (Å²) in [6.45, 7) is 23.6. The fourth-order valence-corrected chi connectivity index (χ4v) is 7.61. The summed E-state index contributed by atoms with van der Waals surface area (Å²) in [5.74, 6) is 0. The smallest absolute Gasteiger partial charge is 0.0158 e. The van der Waals surface area contributed by atoms with Crippen LogP contribution < -0.4 is 0 Å². The van der Waals surface area contributed by atoms with Crippen LogP contribution in [0.25, 0.3) is 39.0 Å². The second-order valence-corrected chi connectivity index (χ2v) is 15.0. The van der Waals surface area contributed by atoms with Crippen LogP contribution in [-0.2, 0) is 10.8 Å². The van der Waals surface area contributed by atoms with Gasteiger partial charge in [0, 0.05) is 10.8 Å². The lowest BCUT2D eigenvalue weighted by molar-refractivity contribution is 0.660. The van der Waals surface area contributed by atoms with Crippen molar-refractivity contribution in [2.24, 2.45) is 0 Å². The lowest BCUT2D eigenvalue weighted by Crippen LogP contribution is -2.14. The Morgan fingerprint density at radius 2 is 0.961 bits per heavy atom. The van der Waals surface area contributed by atoms with Gasteiger partial charge in [0.05, 0.1) is 0 Å². The zero-order chi connectivity index (χ0) is 36.3. The normalized spacial score (nSPS) is 15.0. The molecule has 0 radical (unpaired) electrons. The second-order valence-electron chi connectivity index (χ2n) is 15.0. The van der Waals surface area contributed by atoms with Gasteiger partial charge in [0.2, 0.25) is 0 Å². The van der Waals surface area contributed by atoms with E-state index in [1.54, 1.807) is 0 Å². The summed E-state index contributed by atoms with van der Waals surface area (Å²) >= 11 is 0. The first-order valence-electron chi connectivity index (χ1n) is 18.0. The minimum Gasteiger partial charge on any atom is -0.0990 e. The van der Waals surface area contributed by atoms with Gasteiger partial charge in [-0.15, -0.1) is 0 Å². The molecule has 6 aromatic rings. The average molecular weight is 663 g/mol. The lowest BCUT2D eigenvalue weighted by Gasteiger charge is -2.21. The van der Waals surface area contributed by atoms with E-state index < -0.39 is 0 Å². The van der Waals surface area contributed by atoms with Crippen LogP contribution in [0.2, 0.25) is 0 Å². The van der Waals surface area contributed by atoms with Gasteiger partial charge in [0.25, 0.3) is 0 Å². The highest BCUT2D eigenvalue weighted by Crippen LogP contribution is 2.49. The van der Waals surface area contributed by atoms with Crippen molar-refractivity contribution in [2.45, 2.75) is 59.3 Å². The molecule has 0 saturated carbocycles. The number of hydrogen-bond acceptors (Lipinski definition) is 0. The highest BCUT2D eigenvalue weighted by atomic mass is 14.4. The Balaban J connectivity index is 0.000000132. The number of fused-ring (bicyclic) bond motifs is 4. The van der Waals surface area contributed by atoms with E-state index in [-0.39, 0.29) is 10.8 Å². The number of hydrogen-bond donors (Lipinski definition) is 0.